The maximum atomic E-state index is 11.5. The van der Waals surface area contributed by atoms with Gasteiger partial charge in [-0.2, -0.15) is 0 Å². The van der Waals surface area contributed by atoms with Crippen LogP contribution in [-0.4, -0.2) is 32.3 Å². The summed E-state index contributed by atoms with van der Waals surface area (Å²) in [4.78, 5) is 23.0. The fourth-order valence-corrected chi connectivity index (χ4v) is 1.28. The average Bonchev–Trinajstić information content (AvgIpc) is 3.07. The van der Waals surface area contributed by atoms with E-state index in [4.69, 9.17) is 20.3 Å². The van der Waals surface area contributed by atoms with Crippen molar-refractivity contribution in [2.75, 3.05) is 0 Å². The van der Waals surface area contributed by atoms with E-state index in [0.717, 1.165) is 0 Å². The minimum atomic E-state index is -1.41. The van der Waals surface area contributed by atoms with Gasteiger partial charge < -0.3 is 18.3 Å². The second-order valence-electron chi connectivity index (χ2n) is 3.97. The van der Waals surface area contributed by atoms with E-state index in [1.54, 1.807) is 0 Å². The van der Waals surface area contributed by atoms with Crippen LogP contribution in [0.15, 0.2) is 8.83 Å². The Hall–Kier alpha value is -2.86. The van der Waals surface area contributed by atoms with Crippen molar-refractivity contribution in [2.45, 2.75) is 26.3 Å². The number of carbonyl (C=O) groups is 2. The molecule has 4 N–H and O–H groups in total. The highest BCUT2D eigenvalue weighted by atomic mass is 16.6. The molecular weight excluding hydrogens is 300 g/mol. The lowest BCUT2D eigenvalue weighted by Crippen LogP contribution is -2.29. The minimum absolute atomic E-state index is 0.171. The first-order chi connectivity index (χ1) is 10.4. The lowest BCUT2D eigenvalue weighted by Gasteiger charge is -2.11. The molecule has 0 aliphatic carbocycles. The summed E-state index contributed by atoms with van der Waals surface area (Å²) >= 11 is 0. The van der Waals surface area contributed by atoms with Crippen molar-refractivity contribution >= 4 is 11.9 Å². The van der Waals surface area contributed by atoms with E-state index in [9.17, 15) is 9.59 Å². The number of aromatic nitrogens is 4. The number of nitrogens with two attached hydrogens (primary N) is 2. The van der Waals surface area contributed by atoms with E-state index < -0.39 is 24.4 Å². The second kappa shape index (κ2) is 6.28. The summed E-state index contributed by atoms with van der Waals surface area (Å²) < 4.78 is 19.1. The summed E-state index contributed by atoms with van der Waals surface area (Å²) in [6, 6.07) is 0. The van der Waals surface area contributed by atoms with E-state index in [1.807, 2.05) is 0 Å². The molecule has 0 aromatic carbocycles. The van der Waals surface area contributed by atoms with Gasteiger partial charge in [-0.25, -0.2) is 9.59 Å². The Morgan fingerprint density at radius 3 is 1.50 bits per heavy atom. The van der Waals surface area contributed by atoms with Crippen molar-refractivity contribution in [3.05, 3.63) is 23.6 Å². The van der Waals surface area contributed by atoms with Crippen LogP contribution in [-0.2, 0) is 19.1 Å². The SMILES string of the molecule is Cc1nnc(C(N)OC(=O)C(=O)OC(N)c2nnc(C)o2)o1. The molecule has 0 saturated heterocycles. The molecule has 12 nitrogen and oxygen atoms in total. The molecule has 118 valence electrons. The molecule has 0 aliphatic heterocycles. The van der Waals surface area contributed by atoms with Gasteiger partial charge in [0.05, 0.1) is 0 Å². The average molecular weight is 312 g/mol. The molecule has 2 aromatic rings. The number of rotatable bonds is 4. The molecule has 22 heavy (non-hydrogen) atoms. The zero-order valence-corrected chi connectivity index (χ0v) is 11.5. The minimum Gasteiger partial charge on any atom is -0.429 e. The number of esters is 2. The van der Waals surface area contributed by atoms with Crippen molar-refractivity contribution in [2.24, 2.45) is 11.5 Å². The van der Waals surface area contributed by atoms with Gasteiger partial charge in [-0.05, 0) is 0 Å². The fourth-order valence-electron chi connectivity index (χ4n) is 1.28. The number of hydrogen-bond acceptors (Lipinski definition) is 12. The van der Waals surface area contributed by atoms with Crippen LogP contribution in [0.2, 0.25) is 0 Å². The molecule has 2 rings (SSSR count). The third-order valence-electron chi connectivity index (χ3n) is 2.20. The van der Waals surface area contributed by atoms with Gasteiger partial charge in [0.15, 0.2) is 0 Å². The quantitative estimate of drug-likeness (QED) is 0.390. The standard InChI is InChI=1S/C10H12N6O6/c1-3-13-15-7(19-3)5(11)21-9(17)10(18)22-6(12)8-16-14-4(2)20-8/h5-6H,11-12H2,1-2H3. The molecule has 2 heterocycles. The number of nitrogens with zero attached hydrogens (tertiary/aromatic N) is 4. The first kappa shape index (κ1) is 15.5. The topological polar surface area (TPSA) is 182 Å². The highest BCUT2D eigenvalue weighted by molar-refractivity contribution is 6.29. The second-order valence-corrected chi connectivity index (χ2v) is 3.97. The van der Waals surface area contributed by atoms with Crippen LogP contribution in [0.25, 0.3) is 0 Å². The molecule has 2 unspecified atom stereocenters. The first-order valence-corrected chi connectivity index (χ1v) is 5.89. The normalized spacial score (nSPS) is 13.5. The Morgan fingerprint density at radius 2 is 1.23 bits per heavy atom. The first-order valence-electron chi connectivity index (χ1n) is 5.89. The molecule has 0 saturated carbocycles. The summed E-state index contributed by atoms with van der Waals surface area (Å²) in [6.45, 7) is 3.04. The van der Waals surface area contributed by atoms with Crippen molar-refractivity contribution in [1.82, 2.24) is 20.4 Å². The summed E-state index contributed by atoms with van der Waals surface area (Å²) in [5.41, 5.74) is 10.9. The molecule has 0 radical (unpaired) electrons. The molecular formula is C10H12N6O6. The molecule has 0 aliphatic rings. The van der Waals surface area contributed by atoms with Crippen LogP contribution in [0, 0.1) is 13.8 Å². The lowest BCUT2D eigenvalue weighted by atomic mass is 10.5. The van der Waals surface area contributed by atoms with Gasteiger partial charge in [0.25, 0.3) is 11.8 Å². The van der Waals surface area contributed by atoms with E-state index in [1.165, 1.54) is 13.8 Å². The summed E-state index contributed by atoms with van der Waals surface area (Å²) in [7, 11) is 0. The number of aryl methyl sites for hydroxylation is 2. The highest BCUT2D eigenvalue weighted by Crippen LogP contribution is 2.13. The smallest absolute Gasteiger partial charge is 0.419 e. The summed E-state index contributed by atoms with van der Waals surface area (Å²) in [5.74, 6) is -2.69. The van der Waals surface area contributed by atoms with Crippen molar-refractivity contribution in [3.8, 4) is 0 Å². The van der Waals surface area contributed by atoms with Crippen LogP contribution in [0.1, 0.15) is 36.0 Å². The molecule has 0 spiro atoms. The number of ether oxygens (including phenoxy) is 2. The predicted octanol–water partition coefficient (Wildman–Crippen LogP) is -1.23. The maximum Gasteiger partial charge on any atom is 0.419 e. The van der Waals surface area contributed by atoms with Gasteiger partial charge in [0.2, 0.25) is 24.2 Å². The molecule has 12 heteroatoms. The molecule has 2 aromatic heterocycles. The van der Waals surface area contributed by atoms with Gasteiger partial charge in [-0.3, -0.25) is 11.5 Å². The van der Waals surface area contributed by atoms with Crippen molar-refractivity contribution in [1.29, 1.82) is 0 Å². The van der Waals surface area contributed by atoms with Crippen LogP contribution in [0.3, 0.4) is 0 Å². The number of carbonyl (C=O) groups excluding carboxylic acids is 2. The van der Waals surface area contributed by atoms with Crippen LogP contribution >= 0.6 is 0 Å². The van der Waals surface area contributed by atoms with Crippen LogP contribution in [0.5, 0.6) is 0 Å². The third-order valence-corrected chi connectivity index (χ3v) is 2.20. The molecule has 0 bridgehead atoms. The van der Waals surface area contributed by atoms with Crippen molar-refractivity contribution in [3.63, 3.8) is 0 Å². The fraction of sp³-hybridized carbons (Fsp3) is 0.400. The third kappa shape index (κ3) is 3.62. The Balaban J connectivity index is 1.90. The highest BCUT2D eigenvalue weighted by Gasteiger charge is 2.28. The predicted molar refractivity (Wildman–Crippen MR) is 64.1 cm³/mol. The Bertz CT molecular complexity index is 623. The van der Waals surface area contributed by atoms with Crippen LogP contribution in [0.4, 0.5) is 0 Å². The Labute approximate surface area is 122 Å². The van der Waals surface area contributed by atoms with Gasteiger partial charge >= 0.3 is 11.9 Å². The van der Waals surface area contributed by atoms with Gasteiger partial charge in [0.1, 0.15) is 0 Å². The summed E-state index contributed by atoms with van der Waals surface area (Å²) in [6.07, 6.45) is -2.83. The monoisotopic (exact) mass is 312 g/mol. The molecule has 0 fully saturated rings. The van der Waals surface area contributed by atoms with Gasteiger partial charge in [-0.1, -0.05) is 0 Å². The largest absolute Gasteiger partial charge is 0.429 e. The Morgan fingerprint density at radius 1 is 0.864 bits per heavy atom. The van der Waals surface area contributed by atoms with E-state index in [2.05, 4.69) is 29.9 Å². The lowest BCUT2D eigenvalue weighted by molar-refractivity contribution is -0.175. The Kier molecular flexibility index (Phi) is 4.43. The van der Waals surface area contributed by atoms with Gasteiger partial charge in [0, 0.05) is 13.8 Å². The van der Waals surface area contributed by atoms with Crippen molar-refractivity contribution < 1.29 is 27.9 Å². The maximum absolute atomic E-state index is 11.5. The van der Waals surface area contributed by atoms with E-state index >= 15 is 0 Å². The zero-order valence-electron chi connectivity index (χ0n) is 11.5. The van der Waals surface area contributed by atoms with E-state index in [0.29, 0.717) is 0 Å². The van der Waals surface area contributed by atoms with Crippen LogP contribution < -0.4 is 11.5 Å². The summed E-state index contributed by atoms with van der Waals surface area (Å²) in [5, 5.41) is 14.1. The van der Waals surface area contributed by atoms with E-state index in [-0.39, 0.29) is 23.6 Å². The number of hydrogen-bond donors (Lipinski definition) is 2. The molecule has 0 amide bonds. The van der Waals surface area contributed by atoms with Gasteiger partial charge in [-0.15, -0.1) is 20.4 Å². The molecule has 2 atom stereocenters. The zero-order chi connectivity index (χ0) is 16.3.